The highest BCUT2D eigenvalue weighted by atomic mass is 35.5. The largest absolute Gasteiger partial charge is 0.459 e. The van der Waals surface area contributed by atoms with Gasteiger partial charge in [0.1, 0.15) is 18.1 Å². The molecule has 0 unspecified atom stereocenters. The molecule has 0 saturated carbocycles. The second kappa shape index (κ2) is 7.81. The number of hydrogen-bond donors (Lipinski definition) is 2. The summed E-state index contributed by atoms with van der Waals surface area (Å²) < 4.78 is 6.60. The molecule has 2 heterocycles. The van der Waals surface area contributed by atoms with Crippen LogP contribution in [0.3, 0.4) is 0 Å². The Hall–Kier alpha value is -3.58. The second-order valence-corrected chi connectivity index (χ2v) is 6.85. The minimum atomic E-state index is -0.633. The molecule has 4 rings (SSSR count). The smallest absolute Gasteiger partial charge is 0.329 e. The summed E-state index contributed by atoms with van der Waals surface area (Å²) in [5.74, 6) is 0.716. The molecule has 29 heavy (non-hydrogen) atoms. The summed E-state index contributed by atoms with van der Waals surface area (Å²) in [6.45, 7) is -0.254. The van der Waals surface area contributed by atoms with Crippen LogP contribution in [-0.2, 0) is 17.9 Å². The molecule has 0 aliphatic rings. The molecule has 0 bridgehead atoms. The zero-order valence-electron chi connectivity index (χ0n) is 15.1. The Bertz CT molecular complexity index is 1300. The number of aromatic amines is 1. The molecule has 0 fully saturated rings. The molecule has 146 valence electrons. The quantitative estimate of drug-likeness (QED) is 0.529. The average Bonchev–Trinajstić information content (AvgIpc) is 3.19. The maximum Gasteiger partial charge on any atom is 0.329 e. The number of para-hydroxylation sites is 1. The van der Waals surface area contributed by atoms with E-state index in [0.717, 1.165) is 10.1 Å². The summed E-state index contributed by atoms with van der Waals surface area (Å²) in [4.78, 5) is 39.5. The average molecular weight is 410 g/mol. The van der Waals surface area contributed by atoms with Gasteiger partial charge in [0.25, 0.3) is 5.56 Å². The lowest BCUT2D eigenvalue weighted by atomic mass is 10.2. The van der Waals surface area contributed by atoms with Crippen molar-refractivity contribution in [3.05, 3.63) is 92.3 Å². The van der Waals surface area contributed by atoms with Crippen LogP contribution >= 0.6 is 11.6 Å². The topological polar surface area (TPSA) is 97.1 Å². The van der Waals surface area contributed by atoms with E-state index in [-0.39, 0.29) is 13.1 Å². The molecule has 8 heteroatoms. The summed E-state index contributed by atoms with van der Waals surface area (Å²) in [7, 11) is 0. The maximum absolute atomic E-state index is 12.5. The van der Waals surface area contributed by atoms with Crippen molar-refractivity contribution in [2.24, 2.45) is 0 Å². The van der Waals surface area contributed by atoms with E-state index < -0.39 is 17.2 Å². The Balaban J connectivity index is 1.45. The third kappa shape index (κ3) is 4.00. The Kier molecular flexibility index (Phi) is 5.05. The Labute approximate surface area is 169 Å². The number of benzene rings is 2. The van der Waals surface area contributed by atoms with E-state index in [9.17, 15) is 14.4 Å². The molecule has 0 aliphatic heterocycles. The summed E-state index contributed by atoms with van der Waals surface area (Å²) in [6, 6.07) is 17.4. The lowest BCUT2D eigenvalue weighted by Crippen LogP contribution is -2.40. The molecule has 2 aromatic carbocycles. The van der Waals surface area contributed by atoms with E-state index in [2.05, 4.69) is 10.3 Å². The highest BCUT2D eigenvalue weighted by molar-refractivity contribution is 6.30. The number of fused-ring (bicyclic) bond motifs is 1. The van der Waals surface area contributed by atoms with Crippen LogP contribution in [0.2, 0.25) is 5.02 Å². The van der Waals surface area contributed by atoms with Crippen LogP contribution in [0.15, 0.2) is 74.7 Å². The van der Waals surface area contributed by atoms with Crippen molar-refractivity contribution >= 4 is 28.4 Å². The highest BCUT2D eigenvalue weighted by Crippen LogP contribution is 2.23. The first-order valence-electron chi connectivity index (χ1n) is 8.84. The number of H-pyrrole nitrogens is 1. The molecule has 4 aromatic rings. The van der Waals surface area contributed by atoms with E-state index >= 15 is 0 Å². The molecule has 0 atom stereocenters. The fraction of sp³-hybridized carbons (Fsp3) is 0.0952. The first-order chi connectivity index (χ1) is 14.0. The number of halogens is 1. The monoisotopic (exact) mass is 409 g/mol. The van der Waals surface area contributed by atoms with Gasteiger partial charge in [0.15, 0.2) is 0 Å². The Morgan fingerprint density at radius 1 is 1.03 bits per heavy atom. The van der Waals surface area contributed by atoms with Gasteiger partial charge < -0.3 is 14.7 Å². The Morgan fingerprint density at radius 3 is 2.59 bits per heavy atom. The van der Waals surface area contributed by atoms with E-state index in [1.54, 1.807) is 48.5 Å². The molecule has 7 nitrogen and oxygen atoms in total. The van der Waals surface area contributed by atoms with Gasteiger partial charge in [-0.25, -0.2) is 4.79 Å². The van der Waals surface area contributed by atoms with E-state index in [4.69, 9.17) is 16.0 Å². The zero-order valence-corrected chi connectivity index (χ0v) is 15.9. The number of carbonyl (C=O) groups is 1. The molecule has 0 radical (unpaired) electrons. The number of amides is 1. The third-order valence-electron chi connectivity index (χ3n) is 4.44. The second-order valence-electron chi connectivity index (χ2n) is 6.42. The fourth-order valence-electron chi connectivity index (χ4n) is 2.97. The SMILES string of the molecule is O=C(Cn1c(=O)[nH]c2ccccc2c1=O)NCc1ccc(-c2ccc(Cl)cc2)o1. The molecular weight excluding hydrogens is 394 g/mol. The van der Waals surface area contributed by atoms with Crippen molar-refractivity contribution in [2.75, 3.05) is 0 Å². The molecule has 1 amide bonds. The van der Waals surface area contributed by atoms with E-state index in [1.807, 2.05) is 12.1 Å². The number of nitrogens with one attached hydrogen (secondary N) is 2. The first-order valence-corrected chi connectivity index (χ1v) is 9.22. The van der Waals surface area contributed by atoms with Gasteiger partial charge in [-0.3, -0.25) is 14.2 Å². The highest BCUT2D eigenvalue weighted by Gasteiger charge is 2.12. The summed E-state index contributed by atoms with van der Waals surface area (Å²) in [5, 5.41) is 3.63. The fourth-order valence-corrected chi connectivity index (χ4v) is 3.10. The molecule has 2 N–H and O–H groups in total. The van der Waals surface area contributed by atoms with Crippen LogP contribution in [0, 0.1) is 0 Å². The first kappa shape index (κ1) is 18.8. The van der Waals surface area contributed by atoms with Crippen molar-refractivity contribution in [1.82, 2.24) is 14.9 Å². The molecule has 0 aliphatic carbocycles. The van der Waals surface area contributed by atoms with Gasteiger partial charge in [-0.1, -0.05) is 23.7 Å². The van der Waals surface area contributed by atoms with Crippen molar-refractivity contribution in [3.8, 4) is 11.3 Å². The predicted octanol–water partition coefficient (Wildman–Crippen LogP) is 2.92. The molecule has 0 saturated heterocycles. The van der Waals surface area contributed by atoms with Gasteiger partial charge in [0, 0.05) is 10.6 Å². The van der Waals surface area contributed by atoms with Gasteiger partial charge in [-0.05, 0) is 48.5 Å². The van der Waals surface area contributed by atoms with Crippen LogP contribution in [0.4, 0.5) is 0 Å². The third-order valence-corrected chi connectivity index (χ3v) is 4.69. The van der Waals surface area contributed by atoms with Gasteiger partial charge in [-0.2, -0.15) is 0 Å². The number of aromatic nitrogens is 2. The predicted molar refractivity (Wildman–Crippen MR) is 110 cm³/mol. The summed E-state index contributed by atoms with van der Waals surface area (Å²) in [6.07, 6.45) is 0. The lowest BCUT2D eigenvalue weighted by Gasteiger charge is -2.07. The van der Waals surface area contributed by atoms with Crippen molar-refractivity contribution in [2.45, 2.75) is 13.1 Å². The minimum absolute atomic E-state index is 0.132. The number of rotatable bonds is 5. The van der Waals surface area contributed by atoms with E-state index in [1.165, 1.54) is 0 Å². The Morgan fingerprint density at radius 2 is 1.79 bits per heavy atom. The molecular formula is C21H16ClN3O4. The van der Waals surface area contributed by atoms with Crippen LogP contribution in [-0.4, -0.2) is 15.5 Å². The van der Waals surface area contributed by atoms with Gasteiger partial charge in [-0.15, -0.1) is 0 Å². The number of nitrogens with zero attached hydrogens (tertiary/aromatic N) is 1. The van der Waals surface area contributed by atoms with Crippen LogP contribution < -0.4 is 16.6 Å². The molecule has 2 aromatic heterocycles. The van der Waals surface area contributed by atoms with Crippen LogP contribution in [0.25, 0.3) is 22.2 Å². The summed E-state index contributed by atoms with van der Waals surface area (Å²) >= 11 is 5.88. The van der Waals surface area contributed by atoms with Crippen LogP contribution in [0.1, 0.15) is 5.76 Å². The maximum atomic E-state index is 12.5. The molecule has 0 spiro atoms. The minimum Gasteiger partial charge on any atom is -0.459 e. The van der Waals surface area contributed by atoms with Crippen molar-refractivity contribution in [3.63, 3.8) is 0 Å². The van der Waals surface area contributed by atoms with Gasteiger partial charge >= 0.3 is 5.69 Å². The zero-order chi connectivity index (χ0) is 20.4. The van der Waals surface area contributed by atoms with Crippen molar-refractivity contribution < 1.29 is 9.21 Å². The summed E-state index contributed by atoms with van der Waals surface area (Å²) in [5.41, 5.74) is 0.153. The van der Waals surface area contributed by atoms with Gasteiger partial charge in [0.2, 0.25) is 5.91 Å². The van der Waals surface area contributed by atoms with Gasteiger partial charge in [0.05, 0.1) is 17.4 Å². The lowest BCUT2D eigenvalue weighted by molar-refractivity contribution is -0.122. The normalized spacial score (nSPS) is 10.9. The van der Waals surface area contributed by atoms with Crippen molar-refractivity contribution in [1.29, 1.82) is 0 Å². The van der Waals surface area contributed by atoms with Crippen LogP contribution in [0.5, 0.6) is 0 Å². The number of hydrogen-bond acceptors (Lipinski definition) is 4. The number of furan rings is 1. The van der Waals surface area contributed by atoms with E-state index in [0.29, 0.717) is 27.4 Å². The standard InChI is InChI=1S/C21H16ClN3O4/c22-14-7-5-13(6-8-14)18-10-9-15(29-18)11-23-19(26)12-25-20(27)16-3-1-2-4-17(16)24-21(25)28/h1-10H,11-12H2,(H,23,26)(H,24,28). The number of carbonyl (C=O) groups excluding carboxylic acids is 1.